The lowest BCUT2D eigenvalue weighted by atomic mass is 9.94. The first-order chi connectivity index (χ1) is 22.0. The van der Waals surface area contributed by atoms with Gasteiger partial charge in [0.15, 0.2) is 12.4 Å². The van der Waals surface area contributed by atoms with Gasteiger partial charge < -0.3 is 23.7 Å². The number of carbonyl (C=O) groups excluding carboxylic acids is 3. The van der Waals surface area contributed by atoms with E-state index in [-0.39, 0.29) is 30.9 Å². The van der Waals surface area contributed by atoms with Gasteiger partial charge in [-0.15, -0.1) is 11.6 Å². The molecule has 0 unspecified atom stereocenters. The Morgan fingerprint density at radius 2 is 1.40 bits per heavy atom. The van der Waals surface area contributed by atoms with Crippen molar-refractivity contribution in [3.8, 4) is 0 Å². The summed E-state index contributed by atoms with van der Waals surface area (Å²) >= 11 is 5.89. The maximum absolute atomic E-state index is 13.8. The van der Waals surface area contributed by atoms with Gasteiger partial charge in [0.05, 0.1) is 30.9 Å². The summed E-state index contributed by atoms with van der Waals surface area (Å²) in [5.41, 5.74) is 2.36. The maximum Gasteiger partial charge on any atom is 0.321 e. The van der Waals surface area contributed by atoms with Crippen LogP contribution in [0.25, 0.3) is 0 Å². The number of halogens is 1. The van der Waals surface area contributed by atoms with Gasteiger partial charge in [0.2, 0.25) is 0 Å². The number of esters is 1. The van der Waals surface area contributed by atoms with Gasteiger partial charge in [-0.25, -0.2) is 0 Å². The van der Waals surface area contributed by atoms with Gasteiger partial charge in [-0.3, -0.25) is 19.3 Å². The molecule has 1 saturated heterocycles. The van der Waals surface area contributed by atoms with E-state index in [4.69, 9.17) is 35.3 Å². The maximum atomic E-state index is 13.8. The van der Waals surface area contributed by atoms with Gasteiger partial charge >= 0.3 is 5.97 Å². The second-order valence-corrected chi connectivity index (χ2v) is 11.3. The van der Waals surface area contributed by atoms with E-state index in [9.17, 15) is 14.4 Å². The van der Waals surface area contributed by atoms with E-state index in [2.05, 4.69) is 6.92 Å². The Hall–Kier alpha value is -3.60. The highest BCUT2D eigenvalue weighted by Crippen LogP contribution is 2.36. The van der Waals surface area contributed by atoms with Crippen LogP contribution in [0.5, 0.6) is 0 Å². The number of hydrogen-bond donors (Lipinski definition) is 0. The Bertz CT molecular complexity index is 1390. The highest BCUT2D eigenvalue weighted by molar-refractivity contribution is 6.26. The molecule has 45 heavy (non-hydrogen) atoms. The molecule has 10 heteroatoms. The van der Waals surface area contributed by atoms with Crippen LogP contribution in [0.2, 0.25) is 0 Å². The molecule has 0 N–H and O–H groups in total. The van der Waals surface area contributed by atoms with Crippen LogP contribution < -0.4 is 0 Å². The molecule has 3 aromatic rings. The molecule has 0 aliphatic carbocycles. The molecular formula is C35H38ClNO8. The molecule has 0 bridgehead atoms. The second kappa shape index (κ2) is 16.1. The molecule has 0 aromatic heterocycles. The molecule has 0 radical (unpaired) electrons. The monoisotopic (exact) mass is 635 g/mol. The van der Waals surface area contributed by atoms with Crippen LogP contribution in [0.1, 0.15) is 58.0 Å². The SMILES string of the molecule is CCCCCO[C@@H]1O[C@H](COCc2ccccc2)[C@@H](OC(=O)CCl)[C@H](OCc2ccccc2)[C@H]1N1C(=O)c2ccccc2C1=O. The molecule has 2 aliphatic rings. The molecule has 2 aliphatic heterocycles. The van der Waals surface area contributed by atoms with E-state index >= 15 is 0 Å². The lowest BCUT2D eigenvalue weighted by molar-refractivity contribution is -0.293. The molecule has 5 atom stereocenters. The summed E-state index contributed by atoms with van der Waals surface area (Å²) in [6, 6.07) is 24.7. The Balaban J connectivity index is 1.51. The minimum Gasteiger partial charge on any atom is -0.456 e. The van der Waals surface area contributed by atoms with Crippen LogP contribution in [-0.2, 0) is 41.7 Å². The number of hydrogen-bond acceptors (Lipinski definition) is 8. The average Bonchev–Trinajstić information content (AvgIpc) is 3.32. The summed E-state index contributed by atoms with van der Waals surface area (Å²) < 4.78 is 31.2. The van der Waals surface area contributed by atoms with Gasteiger partial charge in [0.1, 0.15) is 24.1 Å². The quantitative estimate of drug-likeness (QED) is 0.0930. The average molecular weight is 636 g/mol. The highest BCUT2D eigenvalue weighted by Gasteiger charge is 2.56. The normalized spacial score (nSPS) is 22.8. The van der Waals surface area contributed by atoms with E-state index in [1.54, 1.807) is 24.3 Å². The zero-order valence-corrected chi connectivity index (χ0v) is 26.0. The molecule has 0 saturated carbocycles. The number of benzene rings is 3. The summed E-state index contributed by atoms with van der Waals surface area (Å²) in [7, 11) is 0. The van der Waals surface area contributed by atoms with Crippen molar-refractivity contribution in [2.75, 3.05) is 19.1 Å². The fraction of sp³-hybridized carbons (Fsp3) is 0.400. The largest absolute Gasteiger partial charge is 0.456 e. The van der Waals surface area contributed by atoms with Gasteiger partial charge in [0.25, 0.3) is 11.8 Å². The van der Waals surface area contributed by atoms with Gasteiger partial charge in [-0.05, 0) is 29.7 Å². The van der Waals surface area contributed by atoms with Crippen molar-refractivity contribution in [3.05, 3.63) is 107 Å². The van der Waals surface area contributed by atoms with Crippen LogP contribution >= 0.6 is 11.6 Å². The molecule has 0 spiro atoms. The zero-order chi connectivity index (χ0) is 31.6. The molecule has 2 amide bonds. The number of amides is 2. The minimum absolute atomic E-state index is 0.0178. The van der Waals surface area contributed by atoms with Gasteiger partial charge in [0, 0.05) is 6.61 Å². The number of ether oxygens (including phenoxy) is 5. The predicted molar refractivity (Wildman–Crippen MR) is 167 cm³/mol. The van der Waals surface area contributed by atoms with Crippen molar-refractivity contribution in [3.63, 3.8) is 0 Å². The Morgan fingerprint density at radius 1 is 0.800 bits per heavy atom. The van der Waals surface area contributed by atoms with Gasteiger partial charge in [-0.2, -0.15) is 0 Å². The summed E-state index contributed by atoms with van der Waals surface area (Å²) in [6.45, 7) is 2.83. The zero-order valence-electron chi connectivity index (χ0n) is 25.2. The van der Waals surface area contributed by atoms with E-state index in [0.29, 0.717) is 6.61 Å². The lowest BCUT2D eigenvalue weighted by Gasteiger charge is -2.47. The first-order valence-corrected chi connectivity index (χ1v) is 15.8. The number of rotatable bonds is 15. The third kappa shape index (κ3) is 7.98. The van der Waals surface area contributed by atoms with Crippen LogP contribution in [0, 0.1) is 0 Å². The summed E-state index contributed by atoms with van der Waals surface area (Å²) in [5.74, 6) is -2.11. The molecular weight excluding hydrogens is 598 g/mol. The smallest absolute Gasteiger partial charge is 0.321 e. The highest BCUT2D eigenvalue weighted by atomic mass is 35.5. The summed E-state index contributed by atoms with van der Waals surface area (Å²) in [4.78, 5) is 41.5. The molecule has 9 nitrogen and oxygen atoms in total. The number of imide groups is 1. The predicted octanol–water partition coefficient (Wildman–Crippen LogP) is 5.54. The molecule has 238 valence electrons. The standard InChI is InChI=1S/C35H38ClNO8/c1-2-3-12-19-42-35-30(37-33(39)26-17-10-11-18-27(26)34(37)40)32(43-22-25-15-8-5-9-16-25)31(45-29(38)20-36)28(44-35)23-41-21-24-13-6-4-7-14-24/h4-11,13-18,28,30-32,35H,2-3,12,19-23H2,1H3/t28-,30-,31-,32-,35-/m1/s1. The topological polar surface area (TPSA) is 101 Å². The third-order valence-corrected chi connectivity index (χ3v) is 8.04. The number of unbranched alkanes of at least 4 members (excludes halogenated alkanes) is 2. The first-order valence-electron chi connectivity index (χ1n) is 15.3. The van der Waals surface area contributed by atoms with Crippen LogP contribution in [-0.4, -0.2) is 72.4 Å². The second-order valence-electron chi connectivity index (χ2n) is 11.0. The van der Waals surface area contributed by atoms with E-state index < -0.39 is 54.3 Å². The van der Waals surface area contributed by atoms with Crippen molar-refractivity contribution in [1.29, 1.82) is 0 Å². The van der Waals surface area contributed by atoms with Gasteiger partial charge in [-0.1, -0.05) is 92.6 Å². The van der Waals surface area contributed by atoms with Crippen LogP contribution in [0.15, 0.2) is 84.9 Å². The summed E-state index contributed by atoms with van der Waals surface area (Å²) in [6.07, 6.45) is -1.40. The van der Waals surface area contributed by atoms with Crippen molar-refractivity contribution in [2.24, 2.45) is 0 Å². The minimum atomic E-state index is -1.08. The van der Waals surface area contributed by atoms with Crippen molar-refractivity contribution >= 4 is 29.4 Å². The number of fused-ring (bicyclic) bond motifs is 1. The number of carbonyl (C=O) groups is 3. The molecule has 2 heterocycles. The van der Waals surface area contributed by atoms with Crippen molar-refractivity contribution < 1.29 is 38.1 Å². The Labute approximate surface area is 268 Å². The number of nitrogens with zero attached hydrogens (tertiary/aromatic N) is 1. The summed E-state index contributed by atoms with van der Waals surface area (Å²) in [5, 5.41) is 0. The first kappa shape index (κ1) is 32.8. The van der Waals surface area contributed by atoms with E-state index in [1.807, 2.05) is 60.7 Å². The Morgan fingerprint density at radius 3 is 2.00 bits per heavy atom. The number of alkyl halides is 1. The van der Waals surface area contributed by atoms with E-state index in [0.717, 1.165) is 35.3 Å². The van der Waals surface area contributed by atoms with E-state index in [1.165, 1.54) is 0 Å². The van der Waals surface area contributed by atoms with Crippen molar-refractivity contribution in [2.45, 2.75) is 70.0 Å². The molecule has 3 aromatic carbocycles. The van der Waals surface area contributed by atoms with Crippen molar-refractivity contribution in [1.82, 2.24) is 4.90 Å². The molecule has 1 fully saturated rings. The van der Waals surface area contributed by atoms with Crippen LogP contribution in [0.3, 0.4) is 0 Å². The fourth-order valence-electron chi connectivity index (χ4n) is 5.62. The third-order valence-electron chi connectivity index (χ3n) is 7.82. The Kier molecular flexibility index (Phi) is 11.7. The lowest BCUT2D eigenvalue weighted by Crippen LogP contribution is -2.67. The fourth-order valence-corrected chi connectivity index (χ4v) is 5.68. The van der Waals surface area contributed by atoms with Crippen LogP contribution in [0.4, 0.5) is 0 Å². The molecule has 5 rings (SSSR count).